The molecule has 0 aromatic heterocycles. The third kappa shape index (κ3) is 2.56. The molecule has 0 amide bonds. The topological polar surface area (TPSA) is 46.2 Å². The molecule has 1 unspecified atom stereocenters. The van der Waals surface area contributed by atoms with Crippen molar-refractivity contribution in [1.29, 1.82) is 0 Å². The quantitative estimate of drug-likeness (QED) is 0.761. The van der Waals surface area contributed by atoms with Gasteiger partial charge in [-0.3, -0.25) is 0 Å². The maximum absolute atomic E-state index is 9.26. The van der Waals surface area contributed by atoms with Crippen LogP contribution in [-0.4, -0.2) is 18.3 Å². The Morgan fingerprint density at radius 2 is 2.00 bits per heavy atom. The number of aryl methyl sites for hydroxylation is 1. The van der Waals surface area contributed by atoms with E-state index in [9.17, 15) is 5.11 Å². The molecule has 1 aromatic rings. The number of hydrogen-bond acceptors (Lipinski definition) is 2. The predicted octanol–water partition coefficient (Wildman–Crippen LogP) is 1.49. The van der Waals surface area contributed by atoms with Crippen LogP contribution >= 0.6 is 0 Å². The zero-order valence-corrected chi connectivity index (χ0v) is 8.96. The Balaban J connectivity index is 2.82. The Kier molecular flexibility index (Phi) is 3.67. The van der Waals surface area contributed by atoms with Gasteiger partial charge in [0.1, 0.15) is 0 Å². The summed E-state index contributed by atoms with van der Waals surface area (Å²) in [7, 11) is 0. The molecule has 0 radical (unpaired) electrons. The second-order valence-corrected chi connectivity index (χ2v) is 4.28. The first kappa shape index (κ1) is 11.2. The highest BCUT2D eigenvalue weighted by molar-refractivity contribution is 5.26. The summed E-state index contributed by atoms with van der Waals surface area (Å²) in [5.74, 6) is 0. The average Bonchev–Trinajstić information content (AvgIpc) is 2.21. The maximum atomic E-state index is 9.26. The Bertz CT molecular complexity index is 292. The van der Waals surface area contributed by atoms with E-state index in [1.807, 2.05) is 19.1 Å². The molecular weight excluding hydrogens is 174 g/mol. The van der Waals surface area contributed by atoms with Crippen molar-refractivity contribution in [2.75, 3.05) is 13.2 Å². The average molecular weight is 193 g/mol. The lowest BCUT2D eigenvalue weighted by Gasteiger charge is -2.26. The van der Waals surface area contributed by atoms with Crippen molar-refractivity contribution in [1.82, 2.24) is 0 Å². The van der Waals surface area contributed by atoms with Crippen LogP contribution in [0.5, 0.6) is 0 Å². The summed E-state index contributed by atoms with van der Waals surface area (Å²) in [6, 6.07) is 8.23. The lowest BCUT2D eigenvalue weighted by atomic mass is 9.83. The molecule has 1 atom stereocenters. The van der Waals surface area contributed by atoms with Gasteiger partial charge in [0, 0.05) is 18.6 Å². The van der Waals surface area contributed by atoms with Crippen LogP contribution in [0.25, 0.3) is 0 Å². The summed E-state index contributed by atoms with van der Waals surface area (Å²) in [5, 5.41) is 9.26. The standard InChI is InChI=1S/C12H19NO/c1-10-5-3-4-6-11(10)7-12(2,8-13)9-14/h3-6,14H,7-9,13H2,1-2H3. The van der Waals surface area contributed by atoms with Gasteiger partial charge in [0.2, 0.25) is 0 Å². The smallest absolute Gasteiger partial charge is 0.0500 e. The van der Waals surface area contributed by atoms with Gasteiger partial charge in [-0.15, -0.1) is 0 Å². The number of rotatable bonds is 4. The van der Waals surface area contributed by atoms with Crippen molar-refractivity contribution < 1.29 is 5.11 Å². The van der Waals surface area contributed by atoms with Crippen LogP contribution in [0.3, 0.4) is 0 Å². The Morgan fingerprint density at radius 1 is 1.36 bits per heavy atom. The van der Waals surface area contributed by atoms with Crippen molar-refractivity contribution in [3.05, 3.63) is 35.4 Å². The molecule has 0 aliphatic rings. The van der Waals surface area contributed by atoms with Gasteiger partial charge in [-0.25, -0.2) is 0 Å². The number of aliphatic hydroxyl groups is 1. The lowest BCUT2D eigenvalue weighted by molar-refractivity contribution is 0.149. The Morgan fingerprint density at radius 3 is 2.50 bits per heavy atom. The summed E-state index contributed by atoms with van der Waals surface area (Å²) >= 11 is 0. The van der Waals surface area contributed by atoms with Gasteiger partial charge in [-0.05, 0) is 24.5 Å². The fourth-order valence-electron chi connectivity index (χ4n) is 1.46. The van der Waals surface area contributed by atoms with E-state index in [0.717, 1.165) is 6.42 Å². The molecule has 78 valence electrons. The molecule has 0 bridgehead atoms. The van der Waals surface area contributed by atoms with E-state index in [0.29, 0.717) is 6.54 Å². The van der Waals surface area contributed by atoms with Gasteiger partial charge in [0.25, 0.3) is 0 Å². The van der Waals surface area contributed by atoms with E-state index in [1.54, 1.807) is 0 Å². The number of aliphatic hydroxyl groups excluding tert-OH is 1. The van der Waals surface area contributed by atoms with E-state index >= 15 is 0 Å². The van der Waals surface area contributed by atoms with Crippen molar-refractivity contribution in [3.63, 3.8) is 0 Å². The van der Waals surface area contributed by atoms with Crippen molar-refractivity contribution in [2.24, 2.45) is 11.1 Å². The highest BCUT2D eigenvalue weighted by Crippen LogP contribution is 2.22. The number of benzene rings is 1. The predicted molar refractivity (Wildman–Crippen MR) is 59.1 cm³/mol. The summed E-state index contributed by atoms with van der Waals surface area (Å²) in [5.41, 5.74) is 8.00. The van der Waals surface area contributed by atoms with Crippen LogP contribution in [0.1, 0.15) is 18.1 Å². The summed E-state index contributed by atoms with van der Waals surface area (Å²) in [6.07, 6.45) is 0.840. The van der Waals surface area contributed by atoms with Gasteiger partial charge in [-0.1, -0.05) is 31.2 Å². The van der Waals surface area contributed by atoms with Crippen molar-refractivity contribution in [2.45, 2.75) is 20.3 Å². The van der Waals surface area contributed by atoms with Crippen LogP contribution in [0.4, 0.5) is 0 Å². The minimum absolute atomic E-state index is 0.137. The summed E-state index contributed by atoms with van der Waals surface area (Å²) in [6.45, 7) is 4.75. The Hall–Kier alpha value is -0.860. The highest BCUT2D eigenvalue weighted by Gasteiger charge is 2.22. The first-order chi connectivity index (χ1) is 6.61. The summed E-state index contributed by atoms with van der Waals surface area (Å²) < 4.78 is 0. The fraction of sp³-hybridized carbons (Fsp3) is 0.500. The molecule has 3 N–H and O–H groups in total. The van der Waals surface area contributed by atoms with Gasteiger partial charge in [0.05, 0.1) is 0 Å². The number of nitrogens with two attached hydrogens (primary N) is 1. The third-order valence-electron chi connectivity index (χ3n) is 2.75. The molecule has 2 heteroatoms. The van der Waals surface area contributed by atoms with E-state index < -0.39 is 0 Å². The molecule has 0 aliphatic carbocycles. The Labute approximate surface area is 85.8 Å². The van der Waals surface area contributed by atoms with Crippen LogP contribution < -0.4 is 5.73 Å². The minimum Gasteiger partial charge on any atom is -0.396 e. The molecule has 1 rings (SSSR count). The zero-order chi connectivity index (χ0) is 10.6. The zero-order valence-electron chi connectivity index (χ0n) is 8.96. The minimum atomic E-state index is -0.188. The molecule has 0 spiro atoms. The first-order valence-corrected chi connectivity index (χ1v) is 4.97. The third-order valence-corrected chi connectivity index (χ3v) is 2.75. The molecule has 1 aromatic carbocycles. The molecule has 14 heavy (non-hydrogen) atoms. The second-order valence-electron chi connectivity index (χ2n) is 4.28. The van der Waals surface area contributed by atoms with Gasteiger partial charge < -0.3 is 10.8 Å². The highest BCUT2D eigenvalue weighted by atomic mass is 16.3. The van der Waals surface area contributed by atoms with Crippen LogP contribution in [0, 0.1) is 12.3 Å². The first-order valence-electron chi connectivity index (χ1n) is 4.97. The normalized spacial score (nSPS) is 15.1. The molecule has 0 saturated carbocycles. The molecule has 2 nitrogen and oxygen atoms in total. The van der Waals surface area contributed by atoms with Crippen molar-refractivity contribution in [3.8, 4) is 0 Å². The molecular formula is C12H19NO. The lowest BCUT2D eigenvalue weighted by Crippen LogP contribution is -2.33. The van der Waals surface area contributed by atoms with Gasteiger partial charge >= 0.3 is 0 Å². The van der Waals surface area contributed by atoms with E-state index in [1.165, 1.54) is 11.1 Å². The van der Waals surface area contributed by atoms with E-state index in [4.69, 9.17) is 5.73 Å². The maximum Gasteiger partial charge on any atom is 0.0500 e. The number of hydrogen-bond donors (Lipinski definition) is 2. The van der Waals surface area contributed by atoms with Gasteiger partial charge in [-0.2, -0.15) is 0 Å². The van der Waals surface area contributed by atoms with Crippen LogP contribution in [0.2, 0.25) is 0 Å². The fourth-order valence-corrected chi connectivity index (χ4v) is 1.46. The van der Waals surface area contributed by atoms with Gasteiger partial charge in [0.15, 0.2) is 0 Å². The van der Waals surface area contributed by atoms with Crippen LogP contribution in [0.15, 0.2) is 24.3 Å². The summed E-state index contributed by atoms with van der Waals surface area (Å²) in [4.78, 5) is 0. The molecule has 0 heterocycles. The largest absolute Gasteiger partial charge is 0.396 e. The molecule has 0 fully saturated rings. The molecule has 0 aliphatic heterocycles. The monoisotopic (exact) mass is 193 g/mol. The van der Waals surface area contributed by atoms with E-state index in [2.05, 4.69) is 19.1 Å². The van der Waals surface area contributed by atoms with Crippen LogP contribution in [-0.2, 0) is 6.42 Å². The molecule has 0 saturated heterocycles. The van der Waals surface area contributed by atoms with Crippen molar-refractivity contribution >= 4 is 0 Å². The SMILES string of the molecule is Cc1ccccc1CC(C)(CN)CO. The van der Waals surface area contributed by atoms with E-state index in [-0.39, 0.29) is 12.0 Å². The second kappa shape index (κ2) is 4.58.